The van der Waals surface area contributed by atoms with Gasteiger partial charge in [-0.2, -0.15) is 0 Å². The molecule has 6 unspecified atom stereocenters. The monoisotopic (exact) mass is 532 g/mol. The lowest BCUT2D eigenvalue weighted by Crippen LogP contribution is -2.75. The average Bonchev–Trinajstić information content (AvgIpc) is 3.62. The van der Waals surface area contributed by atoms with Gasteiger partial charge in [0.25, 0.3) is 5.91 Å². The molecule has 8 rings (SSSR count). The third-order valence-electron chi connectivity index (χ3n) is 10.7. The average molecular weight is 533 g/mol. The molecule has 2 N–H and O–H groups in total. The first-order chi connectivity index (χ1) is 18.5. The number of nitrogens with zero attached hydrogens (tertiary/aromatic N) is 4. The Morgan fingerprint density at radius 1 is 1.13 bits per heavy atom. The SMILES string of the molecule is O=C1CCC(N2Cc3c(SCCn4cc(CNC56CC7CC8CC(C5)C86C7)nn4)cccc3C2=O)C(=O)N1. The zero-order chi connectivity index (χ0) is 25.6. The largest absolute Gasteiger partial charge is 0.322 e. The smallest absolute Gasteiger partial charge is 0.255 e. The maximum atomic E-state index is 13.1. The second kappa shape index (κ2) is 8.14. The zero-order valence-electron chi connectivity index (χ0n) is 21.3. The van der Waals surface area contributed by atoms with E-state index in [9.17, 15) is 14.4 Å². The lowest BCUT2D eigenvalue weighted by atomic mass is 9.35. The molecule has 1 aromatic carbocycles. The first-order valence-electron chi connectivity index (χ1n) is 14.0. The summed E-state index contributed by atoms with van der Waals surface area (Å²) in [5.41, 5.74) is 3.62. The number of piperidine rings is 1. The fourth-order valence-electron chi connectivity index (χ4n) is 9.22. The van der Waals surface area contributed by atoms with Crippen molar-refractivity contribution in [2.24, 2.45) is 23.2 Å². The molecule has 6 atom stereocenters. The van der Waals surface area contributed by atoms with Crippen molar-refractivity contribution in [3.63, 3.8) is 0 Å². The van der Waals surface area contributed by atoms with Crippen LogP contribution in [0.15, 0.2) is 29.3 Å². The highest BCUT2D eigenvalue weighted by molar-refractivity contribution is 7.99. The molecule has 6 aliphatic rings. The minimum absolute atomic E-state index is 0.133. The van der Waals surface area contributed by atoms with Crippen LogP contribution in [0.5, 0.6) is 0 Å². The molecule has 0 radical (unpaired) electrons. The van der Waals surface area contributed by atoms with E-state index >= 15 is 0 Å². The number of imide groups is 1. The maximum absolute atomic E-state index is 13.1. The number of nitrogens with one attached hydrogen (secondary N) is 2. The van der Waals surface area contributed by atoms with Crippen molar-refractivity contribution in [3.05, 3.63) is 41.2 Å². The van der Waals surface area contributed by atoms with E-state index in [0.29, 0.717) is 29.5 Å². The maximum Gasteiger partial charge on any atom is 0.255 e. The van der Waals surface area contributed by atoms with Gasteiger partial charge in [-0.05, 0) is 79.4 Å². The molecular formula is C28H32N6O3S. The molecule has 4 aliphatic carbocycles. The molecule has 5 fully saturated rings. The van der Waals surface area contributed by atoms with E-state index in [0.717, 1.165) is 52.7 Å². The summed E-state index contributed by atoms with van der Waals surface area (Å²) in [7, 11) is 0. The number of rotatable bonds is 8. The second-order valence-electron chi connectivity index (χ2n) is 12.3. The standard InChI is InChI=1S/C28H32N6O3S/c35-24-5-4-22(25(36)30-24)34-15-21-20(26(34)37)2-1-3-23(21)38-7-6-33-14-19(31-32-33)13-29-27-10-16-8-17-9-18(12-27)28(17,27)11-16/h1-3,14,16-18,22,29H,4-13,15H2,(H,30,35,36). The summed E-state index contributed by atoms with van der Waals surface area (Å²) >= 11 is 1.70. The molecule has 4 saturated carbocycles. The zero-order valence-corrected chi connectivity index (χ0v) is 22.1. The predicted molar refractivity (Wildman–Crippen MR) is 139 cm³/mol. The number of aryl methyl sites for hydroxylation is 1. The van der Waals surface area contributed by atoms with Crippen molar-refractivity contribution < 1.29 is 14.4 Å². The van der Waals surface area contributed by atoms with E-state index in [-0.39, 0.29) is 24.1 Å². The minimum Gasteiger partial charge on any atom is -0.322 e. The van der Waals surface area contributed by atoms with E-state index < -0.39 is 6.04 Å². The Hall–Kier alpha value is -2.72. The minimum atomic E-state index is -0.591. The topological polar surface area (TPSA) is 109 Å². The van der Waals surface area contributed by atoms with Gasteiger partial charge >= 0.3 is 0 Å². The lowest BCUT2D eigenvalue weighted by Gasteiger charge is -2.73. The molecule has 2 bridgehead atoms. The number of fused-ring (bicyclic) bond motifs is 2. The van der Waals surface area contributed by atoms with E-state index in [2.05, 4.69) is 27.1 Å². The van der Waals surface area contributed by atoms with Crippen LogP contribution in [0.3, 0.4) is 0 Å². The van der Waals surface area contributed by atoms with Gasteiger partial charge in [0.1, 0.15) is 6.04 Å². The molecule has 10 heteroatoms. The van der Waals surface area contributed by atoms with E-state index in [1.165, 1.54) is 32.1 Å². The van der Waals surface area contributed by atoms with Gasteiger partial charge in [0, 0.05) is 47.5 Å². The second-order valence-corrected chi connectivity index (χ2v) is 13.5. The van der Waals surface area contributed by atoms with Crippen LogP contribution in [0.2, 0.25) is 0 Å². The normalized spacial score (nSPS) is 36.1. The number of hydrogen-bond acceptors (Lipinski definition) is 7. The first-order valence-corrected chi connectivity index (χ1v) is 15.0. The Labute approximate surface area is 225 Å². The van der Waals surface area contributed by atoms with Crippen molar-refractivity contribution in [3.8, 4) is 0 Å². The van der Waals surface area contributed by atoms with Crippen molar-refractivity contribution in [1.82, 2.24) is 30.5 Å². The van der Waals surface area contributed by atoms with Crippen LogP contribution >= 0.6 is 11.8 Å². The highest BCUT2D eigenvalue weighted by Gasteiger charge is 2.80. The van der Waals surface area contributed by atoms with Crippen LogP contribution in [-0.2, 0) is 29.2 Å². The Bertz CT molecular complexity index is 1380. The molecule has 1 aromatic heterocycles. The van der Waals surface area contributed by atoms with Gasteiger partial charge in [-0.25, -0.2) is 0 Å². The Morgan fingerprint density at radius 2 is 2.05 bits per heavy atom. The van der Waals surface area contributed by atoms with E-state index in [1.807, 2.05) is 22.9 Å². The number of amides is 3. The number of hydrogen-bond donors (Lipinski definition) is 2. The predicted octanol–water partition coefficient (Wildman–Crippen LogP) is 2.50. The third kappa shape index (κ3) is 3.13. The highest BCUT2D eigenvalue weighted by Crippen LogP contribution is 2.82. The highest BCUT2D eigenvalue weighted by atomic mass is 32.2. The molecule has 3 heterocycles. The summed E-state index contributed by atoms with van der Waals surface area (Å²) in [6.07, 6.45) is 9.82. The fourth-order valence-corrected chi connectivity index (χ4v) is 10.2. The van der Waals surface area contributed by atoms with Crippen molar-refractivity contribution in [2.75, 3.05) is 5.75 Å². The lowest BCUT2D eigenvalue weighted by molar-refractivity contribution is -0.207. The number of benzene rings is 1. The first kappa shape index (κ1) is 23.2. The summed E-state index contributed by atoms with van der Waals surface area (Å²) in [5, 5.41) is 15.1. The Balaban J connectivity index is 0.879. The van der Waals surface area contributed by atoms with Gasteiger partial charge in [0.15, 0.2) is 0 Å². The van der Waals surface area contributed by atoms with Crippen LogP contribution in [0.1, 0.15) is 66.6 Å². The molecule has 2 aromatic rings. The van der Waals surface area contributed by atoms with Gasteiger partial charge < -0.3 is 10.2 Å². The summed E-state index contributed by atoms with van der Waals surface area (Å²) in [6, 6.07) is 5.18. The van der Waals surface area contributed by atoms with E-state index in [1.54, 1.807) is 16.7 Å². The van der Waals surface area contributed by atoms with Gasteiger partial charge in [0.2, 0.25) is 11.8 Å². The number of carbonyl (C=O) groups is 3. The summed E-state index contributed by atoms with van der Waals surface area (Å²) < 4.78 is 1.92. The third-order valence-corrected chi connectivity index (χ3v) is 11.8. The van der Waals surface area contributed by atoms with Crippen LogP contribution in [0.4, 0.5) is 0 Å². The van der Waals surface area contributed by atoms with Gasteiger partial charge in [-0.15, -0.1) is 16.9 Å². The summed E-state index contributed by atoms with van der Waals surface area (Å²) in [5.74, 6) is 2.92. The molecule has 38 heavy (non-hydrogen) atoms. The molecule has 1 spiro atoms. The van der Waals surface area contributed by atoms with Crippen LogP contribution < -0.4 is 10.6 Å². The molecule has 9 nitrogen and oxygen atoms in total. The molecule has 2 aliphatic heterocycles. The van der Waals surface area contributed by atoms with Gasteiger partial charge in [-0.3, -0.25) is 24.4 Å². The van der Waals surface area contributed by atoms with Crippen LogP contribution in [0.25, 0.3) is 0 Å². The summed E-state index contributed by atoms with van der Waals surface area (Å²) in [4.78, 5) is 39.6. The fraction of sp³-hybridized carbons (Fsp3) is 0.607. The van der Waals surface area contributed by atoms with Gasteiger partial charge in [-0.1, -0.05) is 11.3 Å². The van der Waals surface area contributed by atoms with Crippen LogP contribution in [0, 0.1) is 23.2 Å². The van der Waals surface area contributed by atoms with Crippen molar-refractivity contribution >= 4 is 29.5 Å². The number of thioether (sulfide) groups is 1. The number of aromatic nitrogens is 3. The molecular weight excluding hydrogens is 500 g/mol. The Kier molecular flexibility index (Phi) is 4.97. The van der Waals surface area contributed by atoms with Crippen LogP contribution in [-0.4, -0.2) is 54.9 Å². The Morgan fingerprint density at radius 3 is 2.89 bits per heavy atom. The van der Waals surface area contributed by atoms with Gasteiger partial charge in [0.05, 0.1) is 12.2 Å². The summed E-state index contributed by atoms with van der Waals surface area (Å²) in [6.45, 7) is 1.92. The van der Waals surface area contributed by atoms with Crippen molar-refractivity contribution in [1.29, 1.82) is 0 Å². The molecule has 1 saturated heterocycles. The molecule has 3 amide bonds. The quantitative estimate of drug-likeness (QED) is 0.397. The van der Waals surface area contributed by atoms with Crippen molar-refractivity contribution in [2.45, 2.75) is 81.1 Å². The number of carbonyl (C=O) groups excluding carboxylic acids is 3. The van der Waals surface area contributed by atoms with E-state index in [4.69, 9.17) is 0 Å². The molecule has 198 valence electrons.